The van der Waals surface area contributed by atoms with E-state index in [0.717, 1.165) is 10.6 Å². The summed E-state index contributed by atoms with van der Waals surface area (Å²) in [5.74, 6) is 0.213. The lowest BCUT2D eigenvalue weighted by Gasteiger charge is -2.21. The van der Waals surface area contributed by atoms with Gasteiger partial charge in [0, 0.05) is 0 Å². The molecule has 2 rings (SSSR count). The maximum atomic E-state index is 9.14. The summed E-state index contributed by atoms with van der Waals surface area (Å²) in [5, 5.41) is 10.2. The molecule has 0 saturated carbocycles. The van der Waals surface area contributed by atoms with E-state index in [9.17, 15) is 0 Å². The Morgan fingerprint density at radius 1 is 1.28 bits per heavy atom. The van der Waals surface area contributed by atoms with Crippen molar-refractivity contribution >= 4 is 47.2 Å². The molecule has 1 aliphatic heterocycles. The average Bonchev–Trinajstić information content (AvgIpc) is 2.77. The molecule has 1 N–H and O–H groups in total. The van der Waals surface area contributed by atoms with Gasteiger partial charge >= 0.3 is 0 Å². The van der Waals surface area contributed by atoms with Crippen molar-refractivity contribution in [2.75, 3.05) is 0 Å². The molecule has 1 atom stereocenters. The van der Waals surface area contributed by atoms with Gasteiger partial charge in [-0.25, -0.2) is 9.83 Å². The molecule has 1 aliphatic rings. The Labute approximate surface area is 119 Å². The molecule has 0 saturated heterocycles. The quantitative estimate of drug-likeness (QED) is 0.673. The summed E-state index contributed by atoms with van der Waals surface area (Å²) in [6, 6.07) is 6.70. The number of alkyl halides is 3. The van der Waals surface area contributed by atoms with Crippen LogP contribution in [0.15, 0.2) is 35.3 Å². The first-order valence-electron chi connectivity index (χ1n) is 4.98. The molecule has 1 aromatic rings. The monoisotopic (exact) mass is 306 g/mol. The van der Waals surface area contributed by atoms with Gasteiger partial charge in [-0.15, -0.1) is 0 Å². The molecule has 4 nitrogen and oxygen atoms in total. The third kappa shape index (κ3) is 3.53. The number of halogens is 3. The van der Waals surface area contributed by atoms with Crippen LogP contribution in [0.3, 0.4) is 0 Å². The molecule has 96 valence electrons. The molecule has 0 spiro atoms. The SMILES string of the molecule is Oc1ccc(C=CC2N=CN(C(Cl)(Cl)Cl)O2)cc1. The summed E-state index contributed by atoms with van der Waals surface area (Å²) >= 11 is 16.9. The van der Waals surface area contributed by atoms with Crippen molar-refractivity contribution in [3.05, 3.63) is 35.9 Å². The lowest BCUT2D eigenvalue weighted by atomic mass is 10.2. The average molecular weight is 308 g/mol. The second kappa shape index (κ2) is 5.36. The van der Waals surface area contributed by atoms with Gasteiger partial charge in [-0.3, -0.25) is 0 Å². The fourth-order valence-corrected chi connectivity index (χ4v) is 1.54. The Kier molecular flexibility index (Phi) is 4.02. The highest BCUT2D eigenvalue weighted by Gasteiger charge is 2.33. The number of phenolic OH excluding ortho intramolecular Hbond substituents is 1. The summed E-state index contributed by atoms with van der Waals surface area (Å²) in [4.78, 5) is 9.26. The van der Waals surface area contributed by atoms with Gasteiger partial charge in [0.2, 0.25) is 0 Å². The molecule has 0 radical (unpaired) electrons. The number of hydrogen-bond acceptors (Lipinski definition) is 4. The topological polar surface area (TPSA) is 45.1 Å². The summed E-state index contributed by atoms with van der Waals surface area (Å²) in [7, 11) is 0. The number of hydrogen-bond donors (Lipinski definition) is 1. The van der Waals surface area contributed by atoms with E-state index in [0.29, 0.717) is 0 Å². The Bertz CT molecular complexity index is 468. The lowest BCUT2D eigenvalue weighted by molar-refractivity contribution is -0.105. The van der Waals surface area contributed by atoms with Crippen LogP contribution >= 0.6 is 34.8 Å². The summed E-state index contributed by atoms with van der Waals surface area (Å²) < 4.78 is -1.68. The predicted octanol–water partition coefficient (Wildman–Crippen LogP) is 3.33. The predicted molar refractivity (Wildman–Crippen MR) is 72.6 cm³/mol. The van der Waals surface area contributed by atoms with Crippen LogP contribution in [0.2, 0.25) is 0 Å². The molecule has 0 aliphatic carbocycles. The van der Waals surface area contributed by atoms with Gasteiger partial charge in [0.05, 0.1) is 0 Å². The van der Waals surface area contributed by atoms with Gasteiger partial charge in [-0.2, -0.15) is 5.06 Å². The van der Waals surface area contributed by atoms with Gasteiger partial charge in [0.25, 0.3) is 3.92 Å². The van der Waals surface area contributed by atoms with E-state index in [4.69, 9.17) is 44.7 Å². The minimum absolute atomic E-state index is 0.213. The van der Waals surface area contributed by atoms with E-state index in [1.165, 1.54) is 6.34 Å². The normalized spacial score (nSPS) is 19.9. The van der Waals surface area contributed by atoms with E-state index in [2.05, 4.69) is 4.99 Å². The van der Waals surface area contributed by atoms with Crippen LogP contribution < -0.4 is 0 Å². The first-order valence-corrected chi connectivity index (χ1v) is 6.12. The van der Waals surface area contributed by atoms with Crippen molar-refractivity contribution in [1.29, 1.82) is 0 Å². The first kappa shape index (κ1) is 13.5. The molecule has 7 heteroatoms. The van der Waals surface area contributed by atoms with Crippen LogP contribution in [0.1, 0.15) is 5.56 Å². The van der Waals surface area contributed by atoms with Crippen LogP contribution in [-0.4, -0.2) is 26.7 Å². The number of aromatic hydroxyl groups is 1. The molecular weight excluding hydrogens is 298 g/mol. The summed E-state index contributed by atoms with van der Waals surface area (Å²) in [5.41, 5.74) is 0.902. The molecule has 0 amide bonds. The molecule has 1 heterocycles. The Balaban J connectivity index is 1.96. The minimum atomic E-state index is -1.68. The lowest BCUT2D eigenvalue weighted by Crippen LogP contribution is -2.31. The van der Waals surface area contributed by atoms with Gasteiger partial charge in [-0.05, 0) is 23.8 Å². The van der Waals surface area contributed by atoms with Crippen molar-refractivity contribution in [1.82, 2.24) is 5.06 Å². The molecule has 0 fully saturated rings. The number of aliphatic imine (C=N–C) groups is 1. The van der Waals surface area contributed by atoms with Gasteiger partial charge in [0.1, 0.15) is 12.1 Å². The van der Waals surface area contributed by atoms with Crippen LogP contribution in [-0.2, 0) is 4.84 Å². The first-order chi connectivity index (χ1) is 8.45. The molecule has 18 heavy (non-hydrogen) atoms. The van der Waals surface area contributed by atoms with E-state index in [1.807, 2.05) is 0 Å². The zero-order valence-electron chi connectivity index (χ0n) is 9.00. The van der Waals surface area contributed by atoms with E-state index in [-0.39, 0.29) is 5.75 Å². The number of nitrogens with zero attached hydrogens (tertiary/aromatic N) is 2. The second-order valence-corrected chi connectivity index (χ2v) is 5.73. The van der Waals surface area contributed by atoms with Crippen molar-refractivity contribution in [2.24, 2.45) is 4.99 Å². The van der Waals surface area contributed by atoms with E-state index >= 15 is 0 Å². The molecule has 1 aromatic carbocycles. The molecule has 1 unspecified atom stereocenters. The highest BCUT2D eigenvalue weighted by molar-refractivity contribution is 6.67. The molecule has 0 aromatic heterocycles. The highest BCUT2D eigenvalue weighted by atomic mass is 35.6. The minimum Gasteiger partial charge on any atom is -0.508 e. The fourth-order valence-electron chi connectivity index (χ4n) is 1.29. The number of rotatable bonds is 2. The van der Waals surface area contributed by atoms with Gasteiger partial charge < -0.3 is 5.11 Å². The van der Waals surface area contributed by atoms with E-state index in [1.54, 1.807) is 36.4 Å². The summed E-state index contributed by atoms with van der Waals surface area (Å²) in [6.45, 7) is 0. The van der Waals surface area contributed by atoms with E-state index < -0.39 is 10.1 Å². The number of benzene rings is 1. The Morgan fingerprint density at radius 2 is 1.94 bits per heavy atom. The Hall–Kier alpha value is -0.940. The van der Waals surface area contributed by atoms with Crippen molar-refractivity contribution in [3.8, 4) is 5.75 Å². The zero-order valence-corrected chi connectivity index (χ0v) is 11.3. The second-order valence-electron chi connectivity index (χ2n) is 3.50. The third-order valence-electron chi connectivity index (χ3n) is 2.14. The maximum Gasteiger partial charge on any atom is 0.291 e. The van der Waals surface area contributed by atoms with Gasteiger partial charge in [0.15, 0.2) is 6.23 Å². The van der Waals surface area contributed by atoms with Crippen LogP contribution in [0.4, 0.5) is 0 Å². The third-order valence-corrected chi connectivity index (χ3v) is 2.64. The molecule has 0 bridgehead atoms. The standard InChI is InChI=1S/C11H9Cl3N2O2/c12-11(13,14)16-7-15-10(18-16)6-3-8-1-4-9(17)5-2-8/h1-7,10,17H. The Morgan fingerprint density at radius 3 is 2.50 bits per heavy atom. The van der Waals surface area contributed by atoms with Crippen molar-refractivity contribution < 1.29 is 9.94 Å². The van der Waals surface area contributed by atoms with Crippen molar-refractivity contribution in [3.63, 3.8) is 0 Å². The fraction of sp³-hybridized carbons (Fsp3) is 0.182. The van der Waals surface area contributed by atoms with Gasteiger partial charge in [-0.1, -0.05) is 53.0 Å². The zero-order chi connectivity index (χ0) is 13.2. The van der Waals surface area contributed by atoms with Crippen molar-refractivity contribution in [2.45, 2.75) is 10.1 Å². The molecular formula is C11H9Cl3N2O2. The van der Waals surface area contributed by atoms with Crippen LogP contribution in [0.25, 0.3) is 6.08 Å². The smallest absolute Gasteiger partial charge is 0.291 e. The maximum absolute atomic E-state index is 9.14. The largest absolute Gasteiger partial charge is 0.508 e. The number of hydroxylamine groups is 2. The summed E-state index contributed by atoms with van der Waals surface area (Å²) in [6.07, 6.45) is 4.29. The highest BCUT2D eigenvalue weighted by Crippen LogP contribution is 2.32. The van der Waals surface area contributed by atoms with Crippen LogP contribution in [0.5, 0.6) is 5.75 Å². The van der Waals surface area contributed by atoms with Crippen LogP contribution in [0, 0.1) is 0 Å². The number of phenols is 1.